The summed E-state index contributed by atoms with van der Waals surface area (Å²) < 4.78 is 50.5. The smallest absolute Gasteiger partial charge is 0.234 e. The van der Waals surface area contributed by atoms with Crippen LogP contribution in [0.25, 0.3) is 10.9 Å². The van der Waals surface area contributed by atoms with Gasteiger partial charge >= 0.3 is 0 Å². The number of nitrogens with zero attached hydrogens (tertiary/aromatic N) is 5. The molecule has 8 rings (SSSR count). The van der Waals surface area contributed by atoms with Crippen molar-refractivity contribution in [2.75, 3.05) is 80.1 Å². The first-order valence-corrected chi connectivity index (χ1v) is 26.1. The molecule has 0 radical (unpaired) electrons. The van der Waals surface area contributed by atoms with Crippen LogP contribution in [-0.4, -0.2) is 98.4 Å². The number of carbonyl (C=O) groups excluding carboxylic acids is 3. The number of halogens is 3. The number of carbonyl (C=O) groups is 3. The highest BCUT2D eigenvalue weighted by Gasteiger charge is 2.35. The zero-order valence-electron chi connectivity index (χ0n) is 38.3. The van der Waals surface area contributed by atoms with Crippen LogP contribution < -0.4 is 46.4 Å². The lowest BCUT2D eigenvalue weighted by Gasteiger charge is -2.35. The summed E-state index contributed by atoms with van der Waals surface area (Å²) >= 11 is 3.60. The van der Waals surface area contributed by atoms with Crippen molar-refractivity contribution in [3.05, 3.63) is 87.7 Å². The molecule has 3 amide bonds. The molecule has 3 saturated heterocycles. The van der Waals surface area contributed by atoms with Gasteiger partial charge in [0, 0.05) is 97.3 Å². The van der Waals surface area contributed by atoms with E-state index in [4.69, 9.17) is 9.72 Å². The zero-order chi connectivity index (χ0) is 47.6. The molecule has 19 heteroatoms. The standard InChI is InChI=1S/C48H56BrF2N10O5P/c1-6-28-21-39(57-48-54-25-34(49)45(59-48)56-38-11-10-37-32(8-7-27(2)55-37)44(38)67(4,5)65)41(66-3)24-40(28)60-19-14-30(15-20-60)52-16-17-53-46(63)29-13-18-61(26-29)31-22-35(50)43(36(51)23-31)33-9-12-42(62)58-47(33)64/h7-8,10-11,21-25,29-30,33,52H,6,9,12-20,26H2,1-5H3,(H,53,63)(H,58,62,64)(H2,54,56,57,59)/t29-,33?/m1/s1. The number of anilines is 6. The van der Waals surface area contributed by atoms with Gasteiger partial charge in [0.25, 0.3) is 0 Å². The maximum absolute atomic E-state index is 15.2. The van der Waals surface area contributed by atoms with Crippen molar-refractivity contribution < 1.29 is 32.5 Å². The van der Waals surface area contributed by atoms with Crippen molar-refractivity contribution >= 4 is 91.5 Å². The lowest BCUT2D eigenvalue weighted by molar-refractivity contribution is -0.134. The van der Waals surface area contributed by atoms with E-state index in [1.165, 1.54) is 12.1 Å². The Morgan fingerprint density at radius 2 is 1.69 bits per heavy atom. The summed E-state index contributed by atoms with van der Waals surface area (Å²) in [6.07, 6.45) is 4.90. The van der Waals surface area contributed by atoms with Gasteiger partial charge in [-0.2, -0.15) is 4.98 Å². The first-order chi connectivity index (χ1) is 32.1. The second-order valence-electron chi connectivity index (χ2n) is 17.8. The van der Waals surface area contributed by atoms with Crippen LogP contribution in [0.3, 0.4) is 0 Å². The molecule has 3 fully saturated rings. The van der Waals surface area contributed by atoms with Crippen LogP contribution in [0, 0.1) is 24.5 Å². The molecule has 0 spiro atoms. The highest BCUT2D eigenvalue weighted by atomic mass is 79.9. The Morgan fingerprint density at radius 3 is 2.39 bits per heavy atom. The van der Waals surface area contributed by atoms with Crippen molar-refractivity contribution in [2.24, 2.45) is 5.92 Å². The number of aromatic nitrogens is 3. The van der Waals surface area contributed by atoms with Gasteiger partial charge in [-0.05, 0) is 110 Å². The van der Waals surface area contributed by atoms with Gasteiger partial charge in [0.2, 0.25) is 23.7 Å². The molecule has 3 aliphatic heterocycles. The summed E-state index contributed by atoms with van der Waals surface area (Å²) in [4.78, 5) is 55.1. The predicted octanol–water partition coefficient (Wildman–Crippen LogP) is 7.40. The molecule has 2 atom stereocenters. The van der Waals surface area contributed by atoms with Crippen molar-refractivity contribution in [1.82, 2.24) is 30.9 Å². The van der Waals surface area contributed by atoms with Gasteiger partial charge in [0.15, 0.2) is 0 Å². The minimum absolute atomic E-state index is 0.0205. The number of imide groups is 1. The van der Waals surface area contributed by atoms with Crippen molar-refractivity contribution in [2.45, 2.75) is 64.3 Å². The van der Waals surface area contributed by atoms with Crippen LogP contribution in [0.5, 0.6) is 5.75 Å². The van der Waals surface area contributed by atoms with Crippen molar-refractivity contribution in [1.29, 1.82) is 0 Å². The van der Waals surface area contributed by atoms with E-state index in [-0.39, 0.29) is 36.3 Å². The van der Waals surface area contributed by atoms with Crippen LogP contribution in [0.4, 0.5) is 43.3 Å². The number of ether oxygens (including phenoxy) is 1. The summed E-state index contributed by atoms with van der Waals surface area (Å²) in [6, 6.07) is 14.5. The SMILES string of the molecule is CCc1cc(Nc2ncc(Br)c(Nc3ccc4nc(C)ccc4c3P(C)(C)=O)n2)c(OC)cc1N1CCC(NCCNC(=O)[C@@H]2CCN(c3cc(F)c(C4CCC(=O)NC4=O)c(F)c3)C2)CC1. The van der Waals surface area contributed by atoms with Gasteiger partial charge in [-0.25, -0.2) is 13.8 Å². The quantitative estimate of drug-likeness (QED) is 0.0398. The van der Waals surface area contributed by atoms with E-state index in [1.54, 1.807) is 31.5 Å². The molecule has 3 aliphatic rings. The fraction of sp³-hybridized carbons (Fsp3) is 0.417. The predicted molar refractivity (Wildman–Crippen MR) is 262 cm³/mol. The Kier molecular flexibility index (Phi) is 14.4. The maximum atomic E-state index is 15.2. The van der Waals surface area contributed by atoms with E-state index in [0.29, 0.717) is 71.3 Å². The van der Waals surface area contributed by atoms with E-state index in [0.717, 1.165) is 65.9 Å². The van der Waals surface area contributed by atoms with Gasteiger partial charge in [0.1, 0.15) is 30.3 Å². The topological polar surface area (TPSA) is 183 Å². The average molecular weight is 1000 g/mol. The lowest BCUT2D eigenvalue weighted by Crippen LogP contribution is -2.45. The number of rotatable bonds is 15. The Labute approximate surface area is 397 Å². The first kappa shape index (κ1) is 47.8. The Bertz CT molecular complexity index is 2750. The second kappa shape index (κ2) is 20.3. The van der Waals surface area contributed by atoms with Crippen LogP contribution in [0.1, 0.15) is 61.8 Å². The molecule has 0 bridgehead atoms. The van der Waals surface area contributed by atoms with E-state index in [1.807, 2.05) is 31.2 Å². The minimum atomic E-state index is -2.75. The summed E-state index contributed by atoms with van der Waals surface area (Å²) in [5, 5.41) is 17.1. The number of benzene rings is 3. The van der Waals surface area contributed by atoms with E-state index >= 15 is 8.78 Å². The maximum Gasteiger partial charge on any atom is 0.234 e. The first-order valence-electron chi connectivity index (χ1n) is 22.7. The van der Waals surface area contributed by atoms with E-state index in [2.05, 4.69) is 76.4 Å². The van der Waals surface area contributed by atoms with Crippen molar-refractivity contribution in [3.63, 3.8) is 0 Å². The fourth-order valence-corrected chi connectivity index (χ4v) is 11.2. The third kappa shape index (κ3) is 10.7. The molecule has 354 valence electrons. The van der Waals surface area contributed by atoms with Gasteiger partial charge < -0.3 is 40.4 Å². The van der Waals surface area contributed by atoms with Crippen LogP contribution >= 0.6 is 23.1 Å². The third-order valence-electron chi connectivity index (χ3n) is 12.8. The lowest BCUT2D eigenvalue weighted by atomic mass is 9.89. The molecule has 15 nitrogen and oxygen atoms in total. The summed E-state index contributed by atoms with van der Waals surface area (Å²) in [5.74, 6) is -2.81. The summed E-state index contributed by atoms with van der Waals surface area (Å²) in [6.45, 7) is 11.1. The molecular weight excluding hydrogens is 945 g/mol. The number of piperidine rings is 2. The van der Waals surface area contributed by atoms with E-state index < -0.39 is 36.5 Å². The number of methoxy groups -OCH3 is 1. The molecule has 5 aromatic rings. The molecular formula is C48H56BrF2N10O5P. The fourth-order valence-electron chi connectivity index (χ4n) is 9.39. The number of nitrogens with one attached hydrogen (secondary N) is 5. The molecule has 67 heavy (non-hydrogen) atoms. The largest absolute Gasteiger partial charge is 0.494 e. The van der Waals surface area contributed by atoms with E-state index in [9.17, 15) is 18.9 Å². The Morgan fingerprint density at radius 1 is 0.940 bits per heavy atom. The highest BCUT2D eigenvalue weighted by Crippen LogP contribution is 2.43. The Balaban J connectivity index is 0.830. The molecule has 0 aliphatic carbocycles. The van der Waals surface area contributed by atoms with Crippen LogP contribution in [0.15, 0.2) is 59.2 Å². The minimum Gasteiger partial charge on any atom is -0.494 e. The second-order valence-corrected chi connectivity index (χ2v) is 21.8. The number of fused-ring (bicyclic) bond motifs is 1. The molecule has 3 aromatic carbocycles. The number of amides is 3. The zero-order valence-corrected chi connectivity index (χ0v) is 40.8. The number of aryl methyl sites for hydroxylation is 2. The highest BCUT2D eigenvalue weighted by molar-refractivity contribution is 9.10. The average Bonchev–Trinajstić information content (AvgIpc) is 3.80. The number of hydrogen-bond acceptors (Lipinski definition) is 13. The van der Waals surface area contributed by atoms with Gasteiger partial charge in [-0.1, -0.05) is 13.0 Å². The third-order valence-corrected chi connectivity index (χ3v) is 15.0. The molecule has 2 aromatic heterocycles. The molecule has 5 N–H and O–H groups in total. The summed E-state index contributed by atoms with van der Waals surface area (Å²) in [5.41, 5.74) is 5.31. The molecule has 1 unspecified atom stereocenters. The van der Waals surface area contributed by atoms with Crippen LogP contribution in [-0.2, 0) is 25.4 Å². The van der Waals surface area contributed by atoms with Crippen molar-refractivity contribution in [3.8, 4) is 5.75 Å². The van der Waals surface area contributed by atoms with Gasteiger partial charge in [-0.15, -0.1) is 0 Å². The number of hydrogen-bond donors (Lipinski definition) is 5. The Hall–Kier alpha value is -5.71. The molecule has 0 saturated carbocycles. The number of pyridine rings is 1. The van der Waals surface area contributed by atoms with Gasteiger partial charge in [0.05, 0.1) is 40.3 Å². The van der Waals surface area contributed by atoms with Gasteiger partial charge in [-0.3, -0.25) is 24.7 Å². The van der Waals surface area contributed by atoms with Crippen LogP contribution in [0.2, 0.25) is 0 Å². The molecule has 5 heterocycles. The summed E-state index contributed by atoms with van der Waals surface area (Å²) in [7, 11) is -1.11. The monoisotopic (exact) mass is 1000 g/mol. The normalized spacial score (nSPS) is 18.0.